The summed E-state index contributed by atoms with van der Waals surface area (Å²) in [6.07, 6.45) is 5.43. The Kier molecular flexibility index (Phi) is 2.65. The summed E-state index contributed by atoms with van der Waals surface area (Å²) in [5, 5.41) is 7.21. The molecule has 2 aromatic heterocycles. The van der Waals surface area contributed by atoms with Gasteiger partial charge in [0.1, 0.15) is 5.76 Å². The number of furan rings is 1. The molecule has 2 rings (SSSR count). The average molecular weight is 191 g/mol. The maximum atomic E-state index is 5.35. The van der Waals surface area contributed by atoms with Crippen molar-refractivity contribution in [3.05, 3.63) is 42.1 Å². The van der Waals surface area contributed by atoms with Crippen molar-refractivity contribution in [2.75, 3.05) is 7.05 Å². The van der Waals surface area contributed by atoms with Crippen molar-refractivity contribution < 1.29 is 4.42 Å². The zero-order chi connectivity index (χ0) is 9.80. The van der Waals surface area contributed by atoms with Gasteiger partial charge >= 0.3 is 0 Å². The van der Waals surface area contributed by atoms with Crippen LogP contribution in [0.1, 0.15) is 11.3 Å². The lowest BCUT2D eigenvalue weighted by molar-refractivity contribution is 0.487. The Morgan fingerprint density at radius 3 is 3.21 bits per heavy atom. The van der Waals surface area contributed by atoms with Crippen molar-refractivity contribution in [2.24, 2.45) is 0 Å². The predicted octanol–water partition coefficient (Wildman–Crippen LogP) is 1.24. The molecule has 0 radical (unpaired) electrons. The molecule has 0 unspecified atom stereocenters. The summed E-state index contributed by atoms with van der Waals surface area (Å²) in [5.41, 5.74) is 1.17. The van der Waals surface area contributed by atoms with Crippen LogP contribution in [0.2, 0.25) is 0 Å². The highest BCUT2D eigenvalue weighted by Gasteiger charge is 2.05. The third kappa shape index (κ3) is 1.85. The molecule has 4 nitrogen and oxygen atoms in total. The third-order valence-corrected chi connectivity index (χ3v) is 2.07. The van der Waals surface area contributed by atoms with Crippen molar-refractivity contribution in [2.45, 2.75) is 13.1 Å². The number of hydrogen-bond donors (Lipinski definition) is 1. The quantitative estimate of drug-likeness (QED) is 0.790. The van der Waals surface area contributed by atoms with E-state index < -0.39 is 0 Å². The van der Waals surface area contributed by atoms with Crippen LogP contribution in [0, 0.1) is 0 Å². The molecule has 0 atom stereocenters. The van der Waals surface area contributed by atoms with Gasteiger partial charge in [0.15, 0.2) is 0 Å². The maximum absolute atomic E-state index is 5.35. The summed E-state index contributed by atoms with van der Waals surface area (Å²) < 4.78 is 7.23. The van der Waals surface area contributed by atoms with E-state index in [-0.39, 0.29) is 0 Å². The van der Waals surface area contributed by atoms with Gasteiger partial charge in [0.05, 0.1) is 19.4 Å². The van der Waals surface area contributed by atoms with E-state index in [1.807, 2.05) is 30.1 Å². The van der Waals surface area contributed by atoms with Crippen molar-refractivity contribution in [3.63, 3.8) is 0 Å². The van der Waals surface area contributed by atoms with E-state index in [1.54, 1.807) is 12.5 Å². The van der Waals surface area contributed by atoms with Gasteiger partial charge in [-0.25, -0.2) is 0 Å². The summed E-state index contributed by atoms with van der Waals surface area (Å²) in [6, 6.07) is 3.90. The lowest BCUT2D eigenvalue weighted by Gasteiger charge is -2.01. The van der Waals surface area contributed by atoms with E-state index in [0.29, 0.717) is 0 Å². The molecule has 0 fully saturated rings. The summed E-state index contributed by atoms with van der Waals surface area (Å²) in [4.78, 5) is 0. The third-order valence-electron chi connectivity index (χ3n) is 2.07. The highest BCUT2D eigenvalue weighted by molar-refractivity contribution is 5.17. The topological polar surface area (TPSA) is 43.0 Å². The Balaban J connectivity index is 2.12. The van der Waals surface area contributed by atoms with Crippen LogP contribution in [0.25, 0.3) is 0 Å². The largest absolute Gasteiger partial charge is 0.468 e. The lowest BCUT2D eigenvalue weighted by atomic mass is 10.2. The number of aromatic nitrogens is 2. The van der Waals surface area contributed by atoms with Crippen molar-refractivity contribution in [1.29, 1.82) is 0 Å². The molecule has 2 aromatic rings. The predicted molar refractivity (Wildman–Crippen MR) is 52.8 cm³/mol. The van der Waals surface area contributed by atoms with Gasteiger partial charge < -0.3 is 9.73 Å². The van der Waals surface area contributed by atoms with Crippen molar-refractivity contribution in [1.82, 2.24) is 15.1 Å². The van der Waals surface area contributed by atoms with Gasteiger partial charge in [-0.05, 0) is 19.2 Å². The molecular weight excluding hydrogens is 178 g/mol. The number of rotatable bonds is 4. The summed E-state index contributed by atoms with van der Waals surface area (Å²) in [6.45, 7) is 1.52. The standard InChI is InChI=1S/C10H13N3O/c1-11-7-10-9(3-6-14-10)8-13-5-2-4-12-13/h2-6,11H,7-8H2,1H3. The fraction of sp³-hybridized carbons (Fsp3) is 0.300. The molecule has 0 spiro atoms. The normalized spacial score (nSPS) is 10.6. The van der Waals surface area contributed by atoms with Crippen molar-refractivity contribution in [3.8, 4) is 0 Å². The molecular formula is C10H13N3O. The van der Waals surface area contributed by atoms with Gasteiger partial charge in [-0.3, -0.25) is 4.68 Å². The first-order chi connectivity index (χ1) is 6.90. The van der Waals surface area contributed by atoms with Crippen LogP contribution in [0.4, 0.5) is 0 Å². The molecule has 0 aliphatic rings. The molecule has 74 valence electrons. The van der Waals surface area contributed by atoms with E-state index in [9.17, 15) is 0 Å². The zero-order valence-electron chi connectivity index (χ0n) is 8.10. The zero-order valence-corrected chi connectivity index (χ0v) is 8.10. The fourth-order valence-electron chi connectivity index (χ4n) is 1.39. The Morgan fingerprint density at radius 2 is 2.50 bits per heavy atom. The molecule has 0 aromatic carbocycles. The summed E-state index contributed by atoms with van der Waals surface area (Å²) in [5.74, 6) is 0.975. The van der Waals surface area contributed by atoms with E-state index in [1.165, 1.54) is 5.56 Å². The number of hydrogen-bond acceptors (Lipinski definition) is 3. The summed E-state index contributed by atoms with van der Waals surface area (Å²) in [7, 11) is 1.90. The molecule has 0 bridgehead atoms. The van der Waals surface area contributed by atoms with Gasteiger partial charge in [-0.2, -0.15) is 5.10 Å². The molecule has 0 saturated carbocycles. The fourth-order valence-corrected chi connectivity index (χ4v) is 1.39. The van der Waals surface area contributed by atoms with Gasteiger partial charge in [-0.1, -0.05) is 0 Å². The van der Waals surface area contributed by atoms with E-state index in [0.717, 1.165) is 18.8 Å². The number of nitrogens with zero attached hydrogens (tertiary/aromatic N) is 2. The lowest BCUT2D eigenvalue weighted by Crippen LogP contribution is -2.08. The molecule has 4 heteroatoms. The first-order valence-corrected chi connectivity index (χ1v) is 4.57. The maximum Gasteiger partial charge on any atom is 0.122 e. The Morgan fingerprint density at radius 1 is 1.57 bits per heavy atom. The highest BCUT2D eigenvalue weighted by atomic mass is 16.3. The molecule has 14 heavy (non-hydrogen) atoms. The van der Waals surface area contributed by atoms with Crippen LogP contribution in [-0.2, 0) is 13.1 Å². The monoisotopic (exact) mass is 191 g/mol. The van der Waals surface area contributed by atoms with Crippen LogP contribution in [-0.4, -0.2) is 16.8 Å². The van der Waals surface area contributed by atoms with Gasteiger partial charge in [-0.15, -0.1) is 0 Å². The van der Waals surface area contributed by atoms with E-state index >= 15 is 0 Å². The van der Waals surface area contributed by atoms with Crippen LogP contribution in [0.15, 0.2) is 35.2 Å². The average Bonchev–Trinajstić information content (AvgIpc) is 2.80. The van der Waals surface area contributed by atoms with E-state index in [4.69, 9.17) is 4.42 Å². The first kappa shape index (κ1) is 9.02. The molecule has 0 aliphatic heterocycles. The smallest absolute Gasteiger partial charge is 0.122 e. The first-order valence-electron chi connectivity index (χ1n) is 4.57. The van der Waals surface area contributed by atoms with Gasteiger partial charge in [0.2, 0.25) is 0 Å². The second-order valence-electron chi connectivity index (χ2n) is 3.10. The number of nitrogens with one attached hydrogen (secondary N) is 1. The molecule has 0 aliphatic carbocycles. The Bertz CT molecular complexity index is 378. The minimum atomic E-state index is 0.754. The second-order valence-corrected chi connectivity index (χ2v) is 3.10. The second kappa shape index (κ2) is 4.11. The Labute approximate surface area is 82.5 Å². The molecule has 1 N–H and O–H groups in total. The molecule has 0 saturated heterocycles. The van der Waals surface area contributed by atoms with Gasteiger partial charge in [0.25, 0.3) is 0 Å². The summed E-state index contributed by atoms with van der Waals surface area (Å²) >= 11 is 0. The molecule has 0 amide bonds. The van der Waals surface area contributed by atoms with Crippen LogP contribution < -0.4 is 5.32 Å². The van der Waals surface area contributed by atoms with Crippen LogP contribution in [0.3, 0.4) is 0 Å². The minimum absolute atomic E-state index is 0.754. The molecule has 2 heterocycles. The Hall–Kier alpha value is -1.55. The minimum Gasteiger partial charge on any atom is -0.468 e. The van der Waals surface area contributed by atoms with Crippen molar-refractivity contribution >= 4 is 0 Å². The van der Waals surface area contributed by atoms with Crippen LogP contribution in [0.5, 0.6) is 0 Å². The van der Waals surface area contributed by atoms with E-state index in [2.05, 4.69) is 10.4 Å². The SMILES string of the molecule is CNCc1occc1Cn1cccn1. The highest BCUT2D eigenvalue weighted by Crippen LogP contribution is 2.11. The van der Waals surface area contributed by atoms with Gasteiger partial charge in [0, 0.05) is 18.0 Å². The van der Waals surface area contributed by atoms with Crippen LogP contribution >= 0.6 is 0 Å².